The first-order chi connectivity index (χ1) is 19.1. The molecule has 3 N–H and O–H groups in total. The molecule has 0 radical (unpaired) electrons. The lowest BCUT2D eigenvalue weighted by Crippen LogP contribution is -2.54. The number of unbranched alkanes of at least 4 members (excludes halogenated alkanes) is 1. The standard InChI is InChI=1S/C30H36ClN3O6/c1-4-39-22-13-11-21(12-14-22)32-26(36)23-24-28(38)34(15-5-6-16-35)25(30(24)17-18(2)29(23,3)40-30)27(37)33-20-9-7-19(31)8-10-20/h7-14,18,23-25,35H,4-6,15-17H2,1-3H3,(H,32,36)(H,33,37)/t18?,23-,24-,25?,29+,30?/m0/s1. The monoisotopic (exact) mass is 569 g/mol. The Balaban J connectivity index is 1.47. The Morgan fingerprint density at radius 2 is 1.70 bits per heavy atom. The molecule has 2 aromatic carbocycles. The van der Waals surface area contributed by atoms with Gasteiger partial charge in [0.1, 0.15) is 17.4 Å². The molecule has 9 nitrogen and oxygen atoms in total. The van der Waals surface area contributed by atoms with Crippen molar-refractivity contribution in [3.8, 4) is 5.75 Å². The Morgan fingerprint density at radius 1 is 1.07 bits per heavy atom. The van der Waals surface area contributed by atoms with Crippen LogP contribution in [0, 0.1) is 17.8 Å². The van der Waals surface area contributed by atoms with Gasteiger partial charge in [-0.3, -0.25) is 14.4 Å². The minimum atomic E-state index is -1.15. The van der Waals surface area contributed by atoms with Crippen LogP contribution in [-0.4, -0.2) is 64.7 Å². The van der Waals surface area contributed by atoms with Crippen LogP contribution in [0.5, 0.6) is 5.75 Å². The van der Waals surface area contributed by atoms with E-state index >= 15 is 0 Å². The van der Waals surface area contributed by atoms with Crippen molar-refractivity contribution in [1.82, 2.24) is 4.90 Å². The van der Waals surface area contributed by atoms with Crippen molar-refractivity contribution >= 4 is 40.7 Å². The molecule has 6 atom stereocenters. The number of likely N-dealkylation sites (tertiary alicyclic amines) is 1. The molecule has 2 aromatic rings. The number of aliphatic hydroxyl groups excluding tert-OH is 1. The third-order valence-electron chi connectivity index (χ3n) is 8.70. The van der Waals surface area contributed by atoms with Crippen molar-refractivity contribution in [3.63, 3.8) is 0 Å². The zero-order valence-corrected chi connectivity index (χ0v) is 23.7. The zero-order valence-electron chi connectivity index (χ0n) is 23.0. The van der Waals surface area contributed by atoms with Gasteiger partial charge >= 0.3 is 0 Å². The molecule has 10 heteroatoms. The first kappa shape index (κ1) is 28.4. The number of fused-ring (bicyclic) bond motifs is 1. The Labute approximate surface area is 239 Å². The van der Waals surface area contributed by atoms with Gasteiger partial charge in [0.25, 0.3) is 0 Å². The Morgan fingerprint density at radius 3 is 2.33 bits per heavy atom. The molecule has 3 amide bonds. The van der Waals surface area contributed by atoms with Crippen LogP contribution in [0.3, 0.4) is 0 Å². The van der Waals surface area contributed by atoms with Gasteiger partial charge in [-0.15, -0.1) is 0 Å². The summed E-state index contributed by atoms with van der Waals surface area (Å²) >= 11 is 6.02. The van der Waals surface area contributed by atoms with E-state index in [9.17, 15) is 19.5 Å². The van der Waals surface area contributed by atoms with Gasteiger partial charge in [-0.2, -0.15) is 0 Å². The van der Waals surface area contributed by atoms with Crippen LogP contribution in [0.4, 0.5) is 11.4 Å². The molecule has 0 aliphatic carbocycles. The predicted molar refractivity (Wildman–Crippen MR) is 151 cm³/mol. The second kappa shape index (κ2) is 11.0. The number of carbonyl (C=O) groups excluding carboxylic acids is 3. The minimum absolute atomic E-state index is 0.0169. The first-order valence-electron chi connectivity index (χ1n) is 13.9. The number of anilines is 2. The summed E-state index contributed by atoms with van der Waals surface area (Å²) in [5.41, 5.74) is -0.939. The molecule has 3 aliphatic rings. The van der Waals surface area contributed by atoms with Gasteiger partial charge in [-0.05, 0) is 87.6 Å². The maximum absolute atomic E-state index is 14.1. The van der Waals surface area contributed by atoms with Crippen LogP contribution >= 0.6 is 11.6 Å². The van der Waals surface area contributed by atoms with E-state index in [2.05, 4.69) is 10.6 Å². The number of aliphatic hydroxyl groups is 1. The van der Waals surface area contributed by atoms with Crippen molar-refractivity contribution in [2.24, 2.45) is 17.8 Å². The smallest absolute Gasteiger partial charge is 0.250 e. The number of hydrogen-bond acceptors (Lipinski definition) is 6. The van der Waals surface area contributed by atoms with Crippen molar-refractivity contribution in [2.45, 2.75) is 57.3 Å². The summed E-state index contributed by atoms with van der Waals surface area (Å²) in [6.45, 7) is 6.58. The van der Waals surface area contributed by atoms with Crippen molar-refractivity contribution in [2.75, 3.05) is 30.4 Å². The maximum Gasteiger partial charge on any atom is 0.250 e. The number of carbonyl (C=O) groups is 3. The Hall–Kier alpha value is -3.14. The van der Waals surface area contributed by atoms with E-state index in [1.54, 1.807) is 53.4 Å². The van der Waals surface area contributed by atoms with Crippen LogP contribution < -0.4 is 15.4 Å². The Bertz CT molecular complexity index is 1270. The average Bonchev–Trinajstić information content (AvgIpc) is 3.43. The van der Waals surface area contributed by atoms with E-state index in [1.807, 2.05) is 20.8 Å². The number of rotatable bonds is 10. The fourth-order valence-corrected chi connectivity index (χ4v) is 6.96. The van der Waals surface area contributed by atoms with E-state index in [4.69, 9.17) is 21.1 Å². The molecule has 3 saturated heterocycles. The fraction of sp³-hybridized carbons (Fsp3) is 0.500. The molecule has 3 heterocycles. The lowest BCUT2D eigenvalue weighted by atomic mass is 9.62. The molecule has 3 aliphatic heterocycles. The summed E-state index contributed by atoms with van der Waals surface area (Å²) in [5, 5.41) is 15.8. The summed E-state index contributed by atoms with van der Waals surface area (Å²) in [7, 11) is 0. The number of amides is 3. The molecular formula is C30H36ClN3O6. The van der Waals surface area contributed by atoms with Crippen LogP contribution in [0.25, 0.3) is 0 Å². The van der Waals surface area contributed by atoms with Gasteiger partial charge in [0.05, 0.1) is 24.0 Å². The maximum atomic E-state index is 14.1. The number of ether oxygens (including phenoxy) is 2. The van der Waals surface area contributed by atoms with E-state index in [0.29, 0.717) is 48.0 Å². The van der Waals surface area contributed by atoms with Crippen LogP contribution in [0.2, 0.25) is 5.02 Å². The second-order valence-corrected chi connectivity index (χ2v) is 11.5. The normalized spacial score (nSPS) is 30.3. The predicted octanol–water partition coefficient (Wildman–Crippen LogP) is 4.10. The highest BCUT2D eigenvalue weighted by atomic mass is 35.5. The summed E-state index contributed by atoms with van der Waals surface area (Å²) in [6.07, 6.45) is 1.48. The third kappa shape index (κ3) is 4.74. The number of halogens is 1. The topological polar surface area (TPSA) is 117 Å². The summed E-state index contributed by atoms with van der Waals surface area (Å²) < 4.78 is 12.2. The van der Waals surface area contributed by atoms with E-state index in [0.717, 1.165) is 0 Å². The third-order valence-corrected chi connectivity index (χ3v) is 8.95. The molecule has 1 spiro atoms. The van der Waals surface area contributed by atoms with E-state index < -0.39 is 29.1 Å². The van der Waals surface area contributed by atoms with Gasteiger partial charge in [-0.25, -0.2) is 0 Å². The lowest BCUT2D eigenvalue weighted by molar-refractivity contribution is -0.144. The average molecular weight is 570 g/mol. The molecule has 40 heavy (non-hydrogen) atoms. The van der Waals surface area contributed by atoms with E-state index in [1.165, 1.54) is 0 Å². The molecule has 0 saturated carbocycles. The molecule has 3 unspecified atom stereocenters. The van der Waals surface area contributed by atoms with Crippen molar-refractivity contribution in [3.05, 3.63) is 53.6 Å². The van der Waals surface area contributed by atoms with Gasteiger partial charge in [0.2, 0.25) is 17.7 Å². The van der Waals surface area contributed by atoms with Crippen LogP contribution in [0.1, 0.15) is 40.0 Å². The highest BCUT2D eigenvalue weighted by Gasteiger charge is 2.79. The number of nitrogens with one attached hydrogen (secondary N) is 2. The molecular weight excluding hydrogens is 534 g/mol. The molecule has 3 fully saturated rings. The number of nitrogens with zero attached hydrogens (tertiary/aromatic N) is 1. The SMILES string of the molecule is CCOc1ccc(NC(=O)[C@@H]2[C@H]3C(=O)N(CCCCO)C(C(=O)Nc4ccc(Cl)cc4)C34CC(C)[C@@]2(C)O4)cc1. The van der Waals surface area contributed by atoms with Crippen molar-refractivity contribution < 1.29 is 29.0 Å². The first-order valence-corrected chi connectivity index (χ1v) is 14.2. The lowest BCUT2D eigenvalue weighted by Gasteiger charge is -2.36. The van der Waals surface area contributed by atoms with Crippen LogP contribution in [0.15, 0.2) is 48.5 Å². The highest BCUT2D eigenvalue weighted by Crippen LogP contribution is 2.65. The van der Waals surface area contributed by atoms with Crippen molar-refractivity contribution in [1.29, 1.82) is 0 Å². The van der Waals surface area contributed by atoms with Gasteiger partial charge < -0.3 is 30.1 Å². The largest absolute Gasteiger partial charge is 0.494 e. The van der Waals surface area contributed by atoms with Gasteiger partial charge in [0.15, 0.2) is 0 Å². The second-order valence-electron chi connectivity index (χ2n) is 11.1. The molecule has 214 valence electrons. The van der Waals surface area contributed by atoms with E-state index in [-0.39, 0.29) is 36.8 Å². The number of hydrogen-bond donors (Lipinski definition) is 3. The zero-order chi connectivity index (χ0) is 28.7. The number of benzene rings is 2. The van der Waals surface area contributed by atoms with Gasteiger partial charge in [0, 0.05) is 29.5 Å². The van der Waals surface area contributed by atoms with Crippen LogP contribution in [-0.2, 0) is 19.1 Å². The molecule has 5 rings (SSSR count). The Kier molecular flexibility index (Phi) is 7.83. The fourth-order valence-electron chi connectivity index (χ4n) is 6.84. The summed E-state index contributed by atoms with van der Waals surface area (Å²) in [6, 6.07) is 12.9. The summed E-state index contributed by atoms with van der Waals surface area (Å²) in [5.74, 6) is -1.93. The minimum Gasteiger partial charge on any atom is -0.494 e. The molecule has 0 aromatic heterocycles. The highest BCUT2D eigenvalue weighted by molar-refractivity contribution is 6.30. The summed E-state index contributed by atoms with van der Waals surface area (Å²) in [4.78, 5) is 43.4. The van der Waals surface area contributed by atoms with Gasteiger partial charge in [-0.1, -0.05) is 18.5 Å². The molecule has 2 bridgehead atoms. The quantitative estimate of drug-likeness (QED) is 0.371.